The van der Waals surface area contributed by atoms with Gasteiger partial charge in [0, 0.05) is 13.7 Å². The molecular formula is C9H20N3OS+. The summed E-state index contributed by atoms with van der Waals surface area (Å²) in [5.74, 6) is 0. The van der Waals surface area contributed by atoms with Gasteiger partial charge >= 0.3 is 0 Å². The van der Waals surface area contributed by atoms with Gasteiger partial charge in [0.05, 0.1) is 39.8 Å². The van der Waals surface area contributed by atoms with Gasteiger partial charge in [-0.1, -0.05) is 0 Å². The van der Waals surface area contributed by atoms with Crippen molar-refractivity contribution in [2.45, 2.75) is 0 Å². The zero-order valence-corrected chi connectivity index (χ0v) is 9.82. The summed E-state index contributed by atoms with van der Waals surface area (Å²) in [6, 6.07) is 0. The quantitative estimate of drug-likeness (QED) is 0.438. The Morgan fingerprint density at radius 3 is 2.71 bits per heavy atom. The molecular weight excluding hydrogens is 198 g/mol. The summed E-state index contributed by atoms with van der Waals surface area (Å²) in [5.41, 5.74) is 0. The molecule has 0 bridgehead atoms. The Morgan fingerprint density at radius 2 is 2.14 bits per heavy atom. The maximum atomic E-state index is 5.28. The summed E-state index contributed by atoms with van der Waals surface area (Å²) in [4.78, 5) is 3.82. The summed E-state index contributed by atoms with van der Waals surface area (Å²) >= 11 is 5.28. The van der Waals surface area contributed by atoms with Crippen molar-refractivity contribution in [2.24, 2.45) is 0 Å². The van der Waals surface area contributed by atoms with Gasteiger partial charge in [0.2, 0.25) is 0 Å². The number of thiocarbonyl (C=S) groups is 1. The van der Waals surface area contributed by atoms with Gasteiger partial charge < -0.3 is 19.9 Å². The number of piperazine rings is 1. The van der Waals surface area contributed by atoms with Gasteiger partial charge in [-0.25, -0.2) is 0 Å². The van der Waals surface area contributed by atoms with Gasteiger partial charge in [-0.3, -0.25) is 0 Å². The molecule has 1 aliphatic rings. The third-order valence-corrected chi connectivity index (χ3v) is 2.89. The molecule has 14 heavy (non-hydrogen) atoms. The SMILES string of the molecule is COCCNC(=S)N1CC[NH+](C)CC1. The molecule has 1 fully saturated rings. The predicted molar refractivity (Wildman–Crippen MR) is 60.7 cm³/mol. The average molecular weight is 218 g/mol. The molecule has 0 amide bonds. The monoisotopic (exact) mass is 218 g/mol. The molecule has 82 valence electrons. The predicted octanol–water partition coefficient (Wildman–Crippen LogP) is -1.66. The zero-order chi connectivity index (χ0) is 10.4. The molecule has 0 aromatic heterocycles. The smallest absolute Gasteiger partial charge is 0.169 e. The van der Waals surface area contributed by atoms with E-state index < -0.39 is 0 Å². The molecule has 0 aromatic carbocycles. The van der Waals surface area contributed by atoms with E-state index in [9.17, 15) is 0 Å². The van der Waals surface area contributed by atoms with Crippen LogP contribution in [0.5, 0.6) is 0 Å². The lowest BCUT2D eigenvalue weighted by molar-refractivity contribution is -0.883. The van der Waals surface area contributed by atoms with Crippen LogP contribution in [0.15, 0.2) is 0 Å². The standard InChI is InChI=1S/C9H19N3OS/c1-11-4-6-12(7-5-11)9(14)10-3-8-13-2/h3-8H2,1-2H3,(H,10,14)/p+1. The van der Waals surface area contributed by atoms with Crippen LogP contribution in [0.25, 0.3) is 0 Å². The molecule has 0 radical (unpaired) electrons. The Hall–Kier alpha value is -0.390. The first-order valence-electron chi connectivity index (χ1n) is 5.07. The topological polar surface area (TPSA) is 28.9 Å². The van der Waals surface area contributed by atoms with Crippen molar-refractivity contribution in [1.29, 1.82) is 0 Å². The largest absolute Gasteiger partial charge is 0.383 e. The number of nitrogens with zero attached hydrogens (tertiary/aromatic N) is 1. The third kappa shape index (κ3) is 3.77. The van der Waals surface area contributed by atoms with Crippen LogP contribution in [0, 0.1) is 0 Å². The number of likely N-dealkylation sites (N-methyl/N-ethyl adjacent to an activating group) is 1. The normalized spacial score (nSPS) is 18.3. The highest BCUT2D eigenvalue weighted by molar-refractivity contribution is 7.80. The first-order valence-corrected chi connectivity index (χ1v) is 5.48. The molecule has 1 saturated heterocycles. The van der Waals surface area contributed by atoms with Gasteiger partial charge in [-0.15, -0.1) is 0 Å². The molecule has 1 rings (SSSR count). The van der Waals surface area contributed by atoms with E-state index in [1.165, 1.54) is 13.1 Å². The number of hydrogen-bond acceptors (Lipinski definition) is 2. The fraction of sp³-hybridized carbons (Fsp3) is 0.889. The number of hydrogen-bond donors (Lipinski definition) is 2. The molecule has 1 aliphatic heterocycles. The highest BCUT2D eigenvalue weighted by atomic mass is 32.1. The lowest BCUT2D eigenvalue weighted by Crippen LogP contribution is -3.12. The van der Waals surface area contributed by atoms with Crippen molar-refractivity contribution in [3.05, 3.63) is 0 Å². The van der Waals surface area contributed by atoms with Crippen molar-refractivity contribution in [3.63, 3.8) is 0 Å². The molecule has 0 spiro atoms. The minimum atomic E-state index is 0.707. The van der Waals surface area contributed by atoms with Gasteiger partial charge in [0.15, 0.2) is 5.11 Å². The number of rotatable bonds is 3. The molecule has 0 atom stereocenters. The Balaban J connectivity index is 2.17. The molecule has 0 aliphatic carbocycles. The minimum Gasteiger partial charge on any atom is -0.383 e. The van der Waals surface area contributed by atoms with Crippen molar-refractivity contribution in [3.8, 4) is 0 Å². The molecule has 4 nitrogen and oxygen atoms in total. The van der Waals surface area contributed by atoms with Crippen molar-refractivity contribution < 1.29 is 9.64 Å². The van der Waals surface area contributed by atoms with Crippen LogP contribution in [0.2, 0.25) is 0 Å². The Labute approximate surface area is 91.2 Å². The number of nitrogens with one attached hydrogen (secondary N) is 2. The molecule has 0 saturated carbocycles. The summed E-state index contributed by atoms with van der Waals surface area (Å²) in [6.07, 6.45) is 0. The van der Waals surface area contributed by atoms with Crippen LogP contribution in [0.4, 0.5) is 0 Å². The van der Waals surface area contributed by atoms with E-state index in [2.05, 4.69) is 17.3 Å². The summed E-state index contributed by atoms with van der Waals surface area (Å²) in [7, 11) is 3.92. The molecule has 5 heteroatoms. The molecule has 0 aromatic rings. The fourth-order valence-corrected chi connectivity index (χ4v) is 1.75. The molecule has 1 heterocycles. The van der Waals surface area contributed by atoms with Gasteiger partial charge in [0.1, 0.15) is 0 Å². The Morgan fingerprint density at radius 1 is 1.50 bits per heavy atom. The second-order valence-electron chi connectivity index (χ2n) is 3.67. The van der Waals surface area contributed by atoms with Crippen molar-refractivity contribution in [1.82, 2.24) is 10.2 Å². The summed E-state index contributed by atoms with van der Waals surface area (Å²) in [5, 5.41) is 4.06. The maximum Gasteiger partial charge on any atom is 0.169 e. The summed E-state index contributed by atoms with van der Waals surface area (Å²) < 4.78 is 4.95. The van der Waals surface area contributed by atoms with Crippen LogP contribution >= 0.6 is 12.2 Å². The van der Waals surface area contributed by atoms with E-state index in [4.69, 9.17) is 17.0 Å². The lowest BCUT2D eigenvalue weighted by Gasteiger charge is -2.32. The van der Waals surface area contributed by atoms with E-state index in [0.717, 1.165) is 24.7 Å². The Bertz CT molecular complexity index is 181. The maximum absolute atomic E-state index is 5.28. The minimum absolute atomic E-state index is 0.707. The number of ether oxygens (including phenoxy) is 1. The van der Waals surface area contributed by atoms with Crippen LogP contribution in [0.3, 0.4) is 0 Å². The van der Waals surface area contributed by atoms with Crippen LogP contribution in [0.1, 0.15) is 0 Å². The van der Waals surface area contributed by atoms with E-state index in [1.807, 2.05) is 0 Å². The van der Waals surface area contributed by atoms with Crippen LogP contribution in [-0.2, 0) is 4.74 Å². The number of quaternary nitrogens is 1. The highest BCUT2D eigenvalue weighted by Crippen LogP contribution is 1.90. The van der Waals surface area contributed by atoms with Crippen molar-refractivity contribution in [2.75, 3.05) is 53.5 Å². The zero-order valence-electron chi connectivity index (χ0n) is 9.01. The first kappa shape index (κ1) is 11.7. The van der Waals surface area contributed by atoms with Gasteiger partial charge in [-0.05, 0) is 12.2 Å². The third-order valence-electron chi connectivity index (χ3n) is 2.49. The highest BCUT2D eigenvalue weighted by Gasteiger charge is 2.18. The fourth-order valence-electron chi connectivity index (χ4n) is 1.46. The van der Waals surface area contributed by atoms with E-state index in [1.54, 1.807) is 12.0 Å². The Kier molecular flexibility index (Phi) is 5.14. The van der Waals surface area contributed by atoms with Gasteiger partial charge in [-0.2, -0.15) is 0 Å². The summed E-state index contributed by atoms with van der Waals surface area (Å²) in [6.45, 7) is 5.97. The second kappa shape index (κ2) is 6.16. The van der Waals surface area contributed by atoms with E-state index >= 15 is 0 Å². The van der Waals surface area contributed by atoms with Gasteiger partial charge in [0.25, 0.3) is 0 Å². The first-order chi connectivity index (χ1) is 6.74. The number of methoxy groups -OCH3 is 1. The van der Waals surface area contributed by atoms with E-state index in [-0.39, 0.29) is 0 Å². The van der Waals surface area contributed by atoms with E-state index in [0.29, 0.717) is 6.61 Å². The average Bonchev–Trinajstić information content (AvgIpc) is 2.19. The molecule has 0 unspecified atom stereocenters. The molecule has 2 N–H and O–H groups in total. The van der Waals surface area contributed by atoms with Crippen LogP contribution < -0.4 is 10.2 Å². The van der Waals surface area contributed by atoms with Crippen molar-refractivity contribution >= 4 is 17.3 Å². The lowest BCUT2D eigenvalue weighted by atomic mass is 10.3. The van der Waals surface area contributed by atoms with Crippen LogP contribution in [-0.4, -0.2) is 63.5 Å². The second-order valence-corrected chi connectivity index (χ2v) is 4.06.